The van der Waals surface area contributed by atoms with E-state index in [2.05, 4.69) is 0 Å². The van der Waals surface area contributed by atoms with Crippen LogP contribution in [0.4, 0.5) is 0 Å². The quantitative estimate of drug-likeness (QED) is 0.636. The summed E-state index contributed by atoms with van der Waals surface area (Å²) in [6, 6.07) is 0. The highest BCUT2D eigenvalue weighted by atomic mass is 31.1. The van der Waals surface area contributed by atoms with E-state index in [0.29, 0.717) is 6.61 Å². The Morgan fingerprint density at radius 3 is 2.40 bits per heavy atom. The summed E-state index contributed by atoms with van der Waals surface area (Å²) in [6.07, 6.45) is 0. The Morgan fingerprint density at radius 1 is 1.60 bits per heavy atom. The predicted octanol–water partition coefficient (Wildman–Crippen LogP) is 1.13. The van der Waals surface area contributed by atoms with Crippen molar-refractivity contribution in [3.8, 4) is 0 Å². The van der Waals surface area contributed by atoms with Crippen LogP contribution in [-0.2, 0) is 9.09 Å². The Bertz CT molecular complexity index is 122. The van der Waals surface area contributed by atoms with Crippen molar-refractivity contribution in [1.82, 2.24) is 0 Å². The lowest BCUT2D eigenvalue weighted by molar-refractivity contribution is 0.102. The first kappa shape index (κ1) is 10.2. The zero-order chi connectivity index (χ0) is 8.20. The zero-order valence-corrected chi connectivity index (χ0v) is 7.68. The average molecular weight is 166 g/mol. The van der Waals surface area contributed by atoms with Gasteiger partial charge in [-0.2, -0.15) is 0 Å². The van der Waals surface area contributed by atoms with Crippen molar-refractivity contribution in [3.63, 3.8) is 0 Å². The molecule has 0 aromatic heterocycles. The van der Waals surface area contributed by atoms with E-state index in [9.17, 15) is 4.57 Å². The minimum atomic E-state index is -1.84. The Morgan fingerprint density at radius 2 is 2.10 bits per heavy atom. The van der Waals surface area contributed by atoms with E-state index >= 15 is 0 Å². The topological polar surface area (TPSA) is 46.5 Å². The van der Waals surface area contributed by atoms with Crippen LogP contribution in [0.3, 0.4) is 0 Å². The van der Waals surface area contributed by atoms with Gasteiger partial charge in [-0.3, -0.25) is 4.57 Å². The van der Waals surface area contributed by atoms with Gasteiger partial charge >= 0.3 is 0 Å². The molecule has 0 aliphatic carbocycles. The summed E-state index contributed by atoms with van der Waals surface area (Å²) in [6.45, 7) is 5.67. The minimum absolute atomic E-state index is 0.0577. The Labute approximate surface area is 62.3 Å². The third kappa shape index (κ3) is 4.98. The zero-order valence-electron chi connectivity index (χ0n) is 6.68. The molecule has 0 saturated heterocycles. The van der Waals surface area contributed by atoms with Gasteiger partial charge in [-0.25, -0.2) is 0 Å². The Balaban J connectivity index is 3.56. The molecular formula is C6H15O3P. The average Bonchev–Trinajstić information content (AvgIpc) is 1.85. The van der Waals surface area contributed by atoms with Gasteiger partial charge in [0.05, 0.1) is 13.2 Å². The minimum Gasteiger partial charge on any atom is -0.396 e. The fourth-order valence-corrected chi connectivity index (χ4v) is 0.937. The summed E-state index contributed by atoms with van der Waals surface area (Å²) in [7, 11) is -1.84. The maximum atomic E-state index is 10.5. The third-order valence-corrected chi connectivity index (χ3v) is 1.65. The first-order valence-corrected chi connectivity index (χ1v) is 5.04. The van der Waals surface area contributed by atoms with E-state index < -0.39 is 8.03 Å². The van der Waals surface area contributed by atoms with E-state index in [0.717, 1.165) is 0 Å². The van der Waals surface area contributed by atoms with Gasteiger partial charge in [0.15, 0.2) is 8.03 Å². The SMILES string of the molecule is C[PH](=O)OCC(C)(C)CO. The molecule has 62 valence electrons. The van der Waals surface area contributed by atoms with Gasteiger partial charge in [-0.15, -0.1) is 0 Å². The molecule has 0 spiro atoms. The lowest BCUT2D eigenvalue weighted by Crippen LogP contribution is -2.21. The van der Waals surface area contributed by atoms with Gasteiger partial charge < -0.3 is 9.63 Å². The monoisotopic (exact) mass is 166 g/mol. The van der Waals surface area contributed by atoms with Gasteiger partial charge in [0.2, 0.25) is 0 Å². The van der Waals surface area contributed by atoms with E-state index in [1.807, 2.05) is 13.8 Å². The van der Waals surface area contributed by atoms with Crippen LogP contribution in [0, 0.1) is 5.41 Å². The second-order valence-electron chi connectivity index (χ2n) is 3.10. The molecule has 0 aromatic carbocycles. The molecule has 1 N–H and O–H groups in total. The summed E-state index contributed by atoms with van der Waals surface area (Å²) >= 11 is 0. The molecule has 0 aliphatic rings. The van der Waals surface area contributed by atoms with E-state index in [1.165, 1.54) is 6.66 Å². The van der Waals surface area contributed by atoms with Crippen molar-refractivity contribution >= 4 is 8.03 Å². The highest BCUT2D eigenvalue weighted by Gasteiger charge is 2.16. The molecule has 0 aromatic rings. The molecule has 0 heterocycles. The van der Waals surface area contributed by atoms with Gasteiger partial charge in [0.1, 0.15) is 0 Å². The van der Waals surface area contributed by atoms with E-state index in [4.69, 9.17) is 9.63 Å². The maximum absolute atomic E-state index is 10.5. The van der Waals surface area contributed by atoms with Crippen molar-refractivity contribution in [2.24, 2.45) is 5.41 Å². The normalized spacial score (nSPS) is 15.2. The highest BCUT2D eigenvalue weighted by Crippen LogP contribution is 2.22. The van der Waals surface area contributed by atoms with Gasteiger partial charge in [0, 0.05) is 12.1 Å². The number of rotatable bonds is 4. The second-order valence-corrected chi connectivity index (χ2v) is 4.37. The maximum Gasteiger partial charge on any atom is 0.188 e. The molecule has 3 nitrogen and oxygen atoms in total. The fourth-order valence-electron chi connectivity index (χ4n) is 0.343. The summed E-state index contributed by atoms with van der Waals surface area (Å²) < 4.78 is 15.4. The summed E-state index contributed by atoms with van der Waals surface area (Å²) in [4.78, 5) is 0. The van der Waals surface area contributed by atoms with Crippen LogP contribution in [0.1, 0.15) is 13.8 Å². The molecule has 1 atom stereocenters. The molecular weight excluding hydrogens is 151 g/mol. The lowest BCUT2D eigenvalue weighted by Gasteiger charge is -2.19. The lowest BCUT2D eigenvalue weighted by atomic mass is 9.97. The smallest absolute Gasteiger partial charge is 0.188 e. The number of hydrogen-bond donors (Lipinski definition) is 1. The molecule has 0 rings (SSSR count). The molecule has 0 fully saturated rings. The molecule has 0 aliphatic heterocycles. The van der Waals surface area contributed by atoms with Crippen LogP contribution in [0.15, 0.2) is 0 Å². The van der Waals surface area contributed by atoms with E-state index in [-0.39, 0.29) is 12.0 Å². The molecule has 0 radical (unpaired) electrons. The molecule has 4 heteroatoms. The van der Waals surface area contributed by atoms with Gasteiger partial charge in [-0.05, 0) is 0 Å². The number of hydrogen-bond acceptors (Lipinski definition) is 3. The summed E-state index contributed by atoms with van der Waals surface area (Å²) in [5.41, 5.74) is -0.268. The van der Waals surface area contributed by atoms with Crippen LogP contribution in [0.5, 0.6) is 0 Å². The third-order valence-electron chi connectivity index (χ3n) is 1.09. The van der Waals surface area contributed by atoms with Crippen LogP contribution in [0.25, 0.3) is 0 Å². The molecule has 0 saturated carbocycles. The van der Waals surface area contributed by atoms with Crippen LogP contribution in [-0.4, -0.2) is 25.0 Å². The van der Waals surface area contributed by atoms with E-state index in [1.54, 1.807) is 0 Å². The van der Waals surface area contributed by atoms with Crippen molar-refractivity contribution in [2.75, 3.05) is 19.9 Å². The second kappa shape index (κ2) is 4.12. The summed E-state index contributed by atoms with van der Waals surface area (Å²) in [5.74, 6) is 0. The van der Waals surface area contributed by atoms with Crippen LogP contribution < -0.4 is 0 Å². The molecule has 10 heavy (non-hydrogen) atoms. The van der Waals surface area contributed by atoms with Gasteiger partial charge in [0.25, 0.3) is 0 Å². The molecule has 1 unspecified atom stereocenters. The Hall–Kier alpha value is 0.150. The van der Waals surface area contributed by atoms with Crippen LogP contribution in [0.2, 0.25) is 0 Å². The first-order chi connectivity index (χ1) is 4.48. The fraction of sp³-hybridized carbons (Fsp3) is 1.00. The van der Waals surface area contributed by atoms with Gasteiger partial charge in [-0.1, -0.05) is 13.8 Å². The molecule has 0 amide bonds. The van der Waals surface area contributed by atoms with Crippen molar-refractivity contribution < 1.29 is 14.2 Å². The standard InChI is InChI=1S/C6H15O3P/c1-6(2,4-7)5-9-10(3)8/h7,10H,4-5H2,1-3H3. The highest BCUT2D eigenvalue weighted by molar-refractivity contribution is 7.38. The molecule has 0 bridgehead atoms. The number of aliphatic hydroxyl groups excluding tert-OH is 1. The van der Waals surface area contributed by atoms with Crippen molar-refractivity contribution in [2.45, 2.75) is 13.8 Å². The number of aliphatic hydroxyl groups is 1. The summed E-state index contributed by atoms with van der Waals surface area (Å²) in [5, 5.41) is 8.74. The Kier molecular flexibility index (Phi) is 4.18. The van der Waals surface area contributed by atoms with Crippen molar-refractivity contribution in [3.05, 3.63) is 0 Å². The first-order valence-electron chi connectivity index (χ1n) is 3.22. The van der Waals surface area contributed by atoms with Crippen molar-refractivity contribution in [1.29, 1.82) is 0 Å². The largest absolute Gasteiger partial charge is 0.396 e. The van der Waals surface area contributed by atoms with Crippen LogP contribution >= 0.6 is 8.03 Å². The predicted molar refractivity (Wildman–Crippen MR) is 41.7 cm³/mol.